The fourth-order valence-electron chi connectivity index (χ4n) is 8.06. The summed E-state index contributed by atoms with van der Waals surface area (Å²) in [6.07, 6.45) is 9.88. The highest BCUT2D eigenvalue weighted by molar-refractivity contribution is 7.86. The minimum Gasteiger partial charge on any atom is -0.478 e. The van der Waals surface area contributed by atoms with E-state index in [-0.39, 0.29) is 56.5 Å². The predicted octanol–water partition coefficient (Wildman–Crippen LogP) is 12.1. The van der Waals surface area contributed by atoms with Crippen LogP contribution in [0.25, 0.3) is 0 Å². The summed E-state index contributed by atoms with van der Waals surface area (Å²) in [5, 5.41) is 35.9. The third-order valence-electron chi connectivity index (χ3n) is 12.3. The van der Waals surface area contributed by atoms with Gasteiger partial charge in [0.1, 0.15) is 22.6 Å². The van der Waals surface area contributed by atoms with E-state index in [1.165, 1.54) is 48.5 Å². The third kappa shape index (κ3) is 19.4. The molecule has 24 heteroatoms. The van der Waals surface area contributed by atoms with Crippen LogP contribution in [0.4, 0.5) is 22.7 Å². The number of rotatable bonds is 30. The molecule has 6 rings (SSSR count). The van der Waals surface area contributed by atoms with Crippen molar-refractivity contribution in [2.45, 2.75) is 80.4 Å². The molecule has 6 aromatic rings. The van der Waals surface area contributed by atoms with Crippen LogP contribution in [0.3, 0.4) is 0 Å². The molecule has 6 aromatic carbocycles. The number of esters is 4. The fourth-order valence-corrected chi connectivity index (χ4v) is 9.54. The largest absolute Gasteiger partial charge is 0.478 e. The number of carboxylic acids is 2. The number of aromatic carboxylic acids is 2. The molecule has 0 atom stereocenters. The number of hydrogen-bond acceptors (Lipinski definition) is 18. The minimum absolute atomic E-state index is 0.0568. The van der Waals surface area contributed by atoms with Crippen molar-refractivity contribution in [1.82, 2.24) is 0 Å². The Hall–Kier alpha value is -9.36. The number of benzene rings is 6. The van der Waals surface area contributed by atoms with Crippen LogP contribution < -0.4 is 9.47 Å². The molecule has 0 radical (unpaired) electrons. The molecule has 0 aliphatic carbocycles. The Labute approximate surface area is 477 Å². The molecule has 0 spiro atoms. The zero-order chi connectivity index (χ0) is 60.1. The van der Waals surface area contributed by atoms with E-state index < -0.39 is 83.4 Å². The second-order valence-electron chi connectivity index (χ2n) is 18.3. The van der Waals surface area contributed by atoms with Gasteiger partial charge >= 0.3 is 35.8 Å². The molecule has 0 aromatic heterocycles. The summed E-state index contributed by atoms with van der Waals surface area (Å²) in [6, 6.07) is 27.1. The maximum atomic E-state index is 13.0. The SMILES string of the molecule is C=CC(=O)OCCCCCCc1ccc(C(=O)Oc2ccc(N=Nc3ccc(Cc4ccc(N=Nc5ccc(OC(=O)c6ccc(CCCCCCOC(=O)C=C)cc6)c(C(=O)O)c5)cc4S(=O)(=O)O)c(S(=O)(=O)O)c3)cc2C(=O)O)cc1. The fraction of sp³-hybridized carbons (Fsp3) is 0.220. The zero-order valence-electron chi connectivity index (χ0n) is 44.4. The van der Waals surface area contributed by atoms with Crippen molar-refractivity contribution in [3.05, 3.63) is 191 Å². The Balaban J connectivity index is 1.08. The minimum atomic E-state index is -5.04. The van der Waals surface area contributed by atoms with Gasteiger partial charge in [0.05, 0.1) is 56.9 Å². The van der Waals surface area contributed by atoms with E-state index in [1.807, 2.05) is 0 Å². The molecule has 0 aliphatic rings. The Kier molecular flexibility index (Phi) is 22.6. The van der Waals surface area contributed by atoms with Crippen LogP contribution in [0.1, 0.15) is 115 Å². The van der Waals surface area contributed by atoms with E-state index in [4.69, 9.17) is 18.9 Å². The number of unbranched alkanes of at least 4 members (excludes halogenated alkanes) is 6. The monoisotopic (exact) mass is 1170 g/mol. The molecule has 0 aliphatic heterocycles. The Bertz CT molecular complexity index is 3450. The summed E-state index contributed by atoms with van der Waals surface area (Å²) >= 11 is 0. The van der Waals surface area contributed by atoms with E-state index in [0.717, 1.165) is 112 Å². The van der Waals surface area contributed by atoms with Gasteiger partial charge in [-0.3, -0.25) is 9.11 Å². The second-order valence-corrected chi connectivity index (χ2v) is 21.1. The lowest BCUT2D eigenvalue weighted by Gasteiger charge is -2.11. The van der Waals surface area contributed by atoms with Crippen molar-refractivity contribution < 1.29 is 83.9 Å². The van der Waals surface area contributed by atoms with Crippen molar-refractivity contribution >= 4 is 78.8 Å². The molecule has 0 heterocycles. The summed E-state index contributed by atoms with van der Waals surface area (Å²) in [6.45, 7) is 7.34. The normalized spacial score (nSPS) is 11.5. The molecule has 83 heavy (non-hydrogen) atoms. The van der Waals surface area contributed by atoms with Crippen LogP contribution in [0.15, 0.2) is 177 Å². The Morgan fingerprint density at radius 3 is 1.12 bits per heavy atom. The smallest absolute Gasteiger partial charge is 0.343 e. The van der Waals surface area contributed by atoms with Gasteiger partial charge in [-0.1, -0.05) is 75.2 Å². The molecule has 0 fully saturated rings. The average molecular weight is 1170 g/mol. The first-order valence-corrected chi connectivity index (χ1v) is 28.5. The number of azo groups is 2. The maximum absolute atomic E-state index is 13.0. The quantitative estimate of drug-likeness (QED) is 0.00813. The molecule has 432 valence electrons. The summed E-state index contributed by atoms with van der Waals surface area (Å²) in [5.41, 5.74) is 0.622. The molecule has 0 bridgehead atoms. The van der Waals surface area contributed by atoms with E-state index in [2.05, 4.69) is 33.6 Å². The molecule has 0 saturated carbocycles. The lowest BCUT2D eigenvalue weighted by atomic mass is 10.0. The first kappa shape index (κ1) is 62.8. The molecule has 4 N–H and O–H groups in total. The van der Waals surface area contributed by atoms with Gasteiger partial charge in [0.15, 0.2) is 0 Å². The van der Waals surface area contributed by atoms with Crippen LogP contribution in [0.2, 0.25) is 0 Å². The lowest BCUT2D eigenvalue weighted by molar-refractivity contribution is -0.138. The van der Waals surface area contributed by atoms with Gasteiger partial charge in [0, 0.05) is 18.6 Å². The zero-order valence-corrected chi connectivity index (χ0v) is 46.1. The number of carbonyl (C=O) groups is 6. The van der Waals surface area contributed by atoms with Gasteiger partial charge < -0.3 is 29.2 Å². The highest BCUT2D eigenvalue weighted by Gasteiger charge is 2.23. The van der Waals surface area contributed by atoms with Crippen LogP contribution in [0, 0.1) is 0 Å². The molecular weight excluding hydrogens is 1120 g/mol. The second kappa shape index (κ2) is 29.9. The number of carboxylic acid groups (broad SMARTS) is 2. The van der Waals surface area contributed by atoms with Gasteiger partial charge in [0.25, 0.3) is 20.2 Å². The van der Waals surface area contributed by atoms with Crippen LogP contribution in [-0.2, 0) is 58.6 Å². The Morgan fingerprint density at radius 2 is 0.783 bits per heavy atom. The average Bonchev–Trinajstić information content (AvgIpc) is 3.60. The van der Waals surface area contributed by atoms with Crippen LogP contribution in [0.5, 0.6) is 11.5 Å². The van der Waals surface area contributed by atoms with E-state index in [9.17, 15) is 64.9 Å². The van der Waals surface area contributed by atoms with Crippen LogP contribution in [-0.4, -0.2) is 85.2 Å². The van der Waals surface area contributed by atoms with Crippen LogP contribution >= 0.6 is 0 Å². The number of aryl methyl sites for hydroxylation is 2. The van der Waals surface area contributed by atoms with Crippen molar-refractivity contribution in [1.29, 1.82) is 0 Å². The van der Waals surface area contributed by atoms with Crippen molar-refractivity contribution in [2.75, 3.05) is 13.2 Å². The summed E-state index contributed by atoms with van der Waals surface area (Å²) in [5.74, 6) is -6.12. The molecule has 0 saturated heterocycles. The number of hydrogen-bond donors (Lipinski definition) is 4. The topological polar surface area (TPSA) is 338 Å². The van der Waals surface area contributed by atoms with E-state index in [0.29, 0.717) is 13.2 Å². The highest BCUT2D eigenvalue weighted by atomic mass is 32.2. The Morgan fingerprint density at radius 1 is 0.446 bits per heavy atom. The number of nitrogens with zero attached hydrogens (tertiary/aromatic N) is 4. The lowest BCUT2D eigenvalue weighted by Crippen LogP contribution is -2.11. The van der Waals surface area contributed by atoms with Crippen molar-refractivity contribution in [2.24, 2.45) is 20.5 Å². The molecule has 0 unspecified atom stereocenters. The summed E-state index contributed by atoms with van der Waals surface area (Å²) in [4.78, 5) is 71.4. The van der Waals surface area contributed by atoms with Crippen molar-refractivity contribution in [3.63, 3.8) is 0 Å². The molecular formula is C59H56N4O18S2. The van der Waals surface area contributed by atoms with E-state index in [1.54, 1.807) is 48.5 Å². The number of carbonyl (C=O) groups excluding carboxylic acids is 4. The number of ether oxygens (including phenoxy) is 4. The summed E-state index contributed by atoms with van der Waals surface area (Å²) in [7, 11) is -10.1. The van der Waals surface area contributed by atoms with Gasteiger partial charge in [-0.15, -0.1) is 0 Å². The first-order chi connectivity index (χ1) is 39.6. The third-order valence-corrected chi connectivity index (χ3v) is 14.2. The maximum Gasteiger partial charge on any atom is 0.343 e. The van der Waals surface area contributed by atoms with Gasteiger partial charge in [-0.05, 0) is 146 Å². The highest BCUT2D eigenvalue weighted by Crippen LogP contribution is 2.33. The van der Waals surface area contributed by atoms with Gasteiger partial charge in [0.2, 0.25) is 0 Å². The molecule has 0 amide bonds. The first-order valence-electron chi connectivity index (χ1n) is 25.6. The standard InChI is InChI=1S/C59H56N4O18S2/c1-3-54(64)78-31-11-7-5-9-13-38-15-19-40(20-16-38)58(70)80-50-29-27-44(34-48(50)56(66)67)60-62-46-25-23-42(52(36-46)82(72,73)74)33-43-24-26-47(37-53(43)83(75,76)77)63-61-45-28-30-51(49(35-45)57(68)69)81-59(71)41-21-17-39(18-22-41)14-10-6-8-12-32-79-55(65)4-2/h3-4,15-30,34-37H,1-2,5-14,31-33H2,(H,66,67)(H,68,69)(H,72,73,74)(H,75,76,77). The predicted molar refractivity (Wildman–Crippen MR) is 300 cm³/mol. The summed E-state index contributed by atoms with van der Waals surface area (Å²) < 4.78 is 92.0. The molecule has 22 nitrogen and oxygen atoms in total. The van der Waals surface area contributed by atoms with E-state index >= 15 is 0 Å². The van der Waals surface area contributed by atoms with Gasteiger partial charge in [-0.2, -0.15) is 37.3 Å². The van der Waals surface area contributed by atoms with Crippen molar-refractivity contribution in [3.8, 4) is 11.5 Å². The van der Waals surface area contributed by atoms with Gasteiger partial charge in [-0.25, -0.2) is 28.8 Å².